The lowest BCUT2D eigenvalue weighted by Gasteiger charge is -2.44. The summed E-state index contributed by atoms with van der Waals surface area (Å²) in [7, 11) is 1.21. The number of fused-ring (bicyclic) bond motifs is 1. The van der Waals surface area contributed by atoms with E-state index < -0.39 is 91.5 Å². The van der Waals surface area contributed by atoms with Crippen LogP contribution in [-0.2, 0) is 65.3 Å². The molecule has 0 spiro atoms. The van der Waals surface area contributed by atoms with Crippen molar-refractivity contribution in [1.82, 2.24) is 10.3 Å². The Morgan fingerprint density at radius 2 is 1.67 bits per heavy atom. The second-order valence-electron chi connectivity index (χ2n) is 13.8. The van der Waals surface area contributed by atoms with Crippen LogP contribution in [0.25, 0.3) is 21.3 Å². The second-order valence-corrected chi connectivity index (χ2v) is 13.8. The minimum atomic E-state index is -1.25. The molecule has 2 aromatic carbocycles. The van der Waals surface area contributed by atoms with E-state index in [0.29, 0.717) is 18.5 Å². The zero-order valence-corrected chi connectivity index (χ0v) is 32.4. The minimum absolute atomic E-state index is 0.106. The molecule has 0 radical (unpaired) electrons. The Kier molecular flexibility index (Phi) is 15.4. The van der Waals surface area contributed by atoms with E-state index in [-0.39, 0.29) is 19.8 Å². The lowest BCUT2D eigenvalue weighted by molar-refractivity contribution is -0.266. The van der Waals surface area contributed by atoms with Gasteiger partial charge >= 0.3 is 17.9 Å². The number of hydrogen-bond donors (Lipinski definition) is 3. The Morgan fingerprint density at radius 3 is 2.33 bits per heavy atom. The maximum Gasteiger partial charge on any atom is 0.331 e. The van der Waals surface area contributed by atoms with E-state index in [1.165, 1.54) is 21.0 Å². The number of aliphatic hydroxyl groups is 1. The smallest absolute Gasteiger partial charge is 0.331 e. The van der Waals surface area contributed by atoms with Gasteiger partial charge in [0.15, 0.2) is 6.29 Å². The molecule has 18 heteroatoms. The average molecular weight is 796 g/mol. The van der Waals surface area contributed by atoms with Gasteiger partial charge in [-0.15, -0.1) is 0 Å². The first-order valence-corrected chi connectivity index (χ1v) is 18.6. The molecule has 3 N–H and O–H groups in total. The first-order valence-electron chi connectivity index (χ1n) is 18.6. The summed E-state index contributed by atoms with van der Waals surface area (Å²) in [4.78, 5) is 55.2. The molecule has 1 aromatic heterocycles. The predicted molar refractivity (Wildman–Crippen MR) is 200 cm³/mol. The summed E-state index contributed by atoms with van der Waals surface area (Å²) in [6.07, 6.45) is -5.85. The molecule has 308 valence electrons. The van der Waals surface area contributed by atoms with Crippen LogP contribution in [0.5, 0.6) is 0 Å². The zero-order valence-electron chi connectivity index (χ0n) is 32.4. The molecule has 5 rings (SSSR count). The number of nitrogens with one attached hydrogen (secondary N) is 2. The summed E-state index contributed by atoms with van der Waals surface area (Å²) in [6, 6.07) is 14.7. The monoisotopic (exact) mass is 795 g/mol. The van der Waals surface area contributed by atoms with Gasteiger partial charge in [0.1, 0.15) is 49.3 Å². The van der Waals surface area contributed by atoms with Crippen LogP contribution < -0.4 is 5.32 Å². The van der Waals surface area contributed by atoms with Crippen LogP contribution in [0.15, 0.2) is 59.7 Å². The Labute approximate surface area is 329 Å². The molecule has 5 unspecified atom stereocenters. The van der Waals surface area contributed by atoms with Crippen molar-refractivity contribution in [2.24, 2.45) is 11.0 Å². The third-order valence-corrected chi connectivity index (χ3v) is 9.85. The number of hydrogen-bond acceptors (Lipinski definition) is 14. The number of rotatable bonds is 17. The molecule has 10 atom stereocenters. The number of aromatic amines is 1. The number of ether oxygens (including phenoxy) is 8. The number of esters is 3. The number of aromatic nitrogens is 1. The Hall–Kier alpha value is -5.07. The number of methoxy groups -OCH3 is 1. The number of para-hydroxylation sites is 1. The van der Waals surface area contributed by atoms with Gasteiger partial charge in [-0.1, -0.05) is 61.4 Å². The summed E-state index contributed by atoms with van der Waals surface area (Å²) >= 11 is 0. The highest BCUT2D eigenvalue weighted by Gasteiger charge is 2.48. The number of carbonyl (C=O) groups is 4. The van der Waals surface area contributed by atoms with Gasteiger partial charge in [-0.05, 0) is 41.6 Å². The fraction of sp³-hybridized carbons (Fsp3) is 0.538. The molecule has 0 bridgehead atoms. The highest BCUT2D eigenvalue weighted by molar-refractivity contribution is 5.98. The molecule has 2 aliphatic heterocycles. The molecule has 0 saturated carbocycles. The van der Waals surface area contributed by atoms with E-state index >= 15 is 0 Å². The van der Waals surface area contributed by atoms with Crippen molar-refractivity contribution in [2.75, 3.05) is 26.9 Å². The second kappa shape index (κ2) is 20.4. The number of nitrogens with zero attached hydrogens (tertiary/aromatic N) is 3. The normalized spacial score (nSPS) is 27.2. The van der Waals surface area contributed by atoms with E-state index in [9.17, 15) is 29.8 Å². The van der Waals surface area contributed by atoms with Crippen LogP contribution in [0.4, 0.5) is 0 Å². The SMILES string of the molecule is CCC1O[C@@H](OCCc2ccc(CO[C@@H]3C(NC(=O)c4cc5ccccc5[nH]4)C(OC(C)=O)OC(COC(C)=O)[C@@H]3C)cc2)C(N=[N+]=[N-])[C@@H](OCC(=O)OC)[C@H]1O. The van der Waals surface area contributed by atoms with Crippen LogP contribution in [-0.4, -0.2) is 116 Å². The molecule has 57 heavy (non-hydrogen) atoms. The molecule has 2 saturated heterocycles. The lowest BCUT2D eigenvalue weighted by Crippen LogP contribution is -2.63. The Balaban J connectivity index is 1.26. The van der Waals surface area contributed by atoms with Crippen molar-refractivity contribution in [2.45, 2.75) is 102 Å². The quantitative estimate of drug-likeness (QED) is 0.0582. The highest BCUT2D eigenvalue weighted by atomic mass is 16.7. The fourth-order valence-corrected chi connectivity index (χ4v) is 6.82. The molecular weight excluding hydrogens is 746 g/mol. The molecule has 18 nitrogen and oxygen atoms in total. The van der Waals surface area contributed by atoms with Crippen molar-refractivity contribution >= 4 is 34.7 Å². The third kappa shape index (κ3) is 11.3. The minimum Gasteiger partial charge on any atom is -0.467 e. The first kappa shape index (κ1) is 43.1. The van der Waals surface area contributed by atoms with Gasteiger partial charge in [-0.25, -0.2) is 4.79 Å². The van der Waals surface area contributed by atoms with E-state index in [4.69, 9.17) is 33.2 Å². The van der Waals surface area contributed by atoms with E-state index in [2.05, 4.69) is 25.1 Å². The van der Waals surface area contributed by atoms with Gasteiger partial charge in [-0.2, -0.15) is 0 Å². The van der Waals surface area contributed by atoms with Crippen LogP contribution in [0.1, 0.15) is 55.7 Å². The van der Waals surface area contributed by atoms with Gasteiger partial charge in [0.25, 0.3) is 5.91 Å². The largest absolute Gasteiger partial charge is 0.467 e. The van der Waals surface area contributed by atoms with Gasteiger partial charge in [0, 0.05) is 35.6 Å². The lowest BCUT2D eigenvalue weighted by atomic mass is 9.88. The summed E-state index contributed by atoms with van der Waals surface area (Å²) in [5.74, 6) is -2.69. The zero-order chi connectivity index (χ0) is 41.1. The van der Waals surface area contributed by atoms with Crippen molar-refractivity contribution in [3.8, 4) is 0 Å². The van der Waals surface area contributed by atoms with Crippen LogP contribution in [0.3, 0.4) is 0 Å². The molecule has 2 aliphatic rings. The molecule has 2 fully saturated rings. The number of aliphatic hydroxyl groups excluding tert-OH is 1. The summed E-state index contributed by atoms with van der Waals surface area (Å²) in [6.45, 7) is 5.85. The highest BCUT2D eigenvalue weighted by Crippen LogP contribution is 2.32. The molecular formula is C39H49N5O13. The van der Waals surface area contributed by atoms with Gasteiger partial charge in [-0.3, -0.25) is 14.4 Å². The Bertz CT molecular complexity index is 1850. The summed E-state index contributed by atoms with van der Waals surface area (Å²) in [5.41, 5.74) is 12.0. The number of benzene rings is 2. The fourth-order valence-electron chi connectivity index (χ4n) is 6.82. The van der Waals surface area contributed by atoms with Crippen LogP contribution >= 0.6 is 0 Å². The summed E-state index contributed by atoms with van der Waals surface area (Å²) in [5, 5.41) is 18.4. The summed E-state index contributed by atoms with van der Waals surface area (Å²) < 4.78 is 45.6. The van der Waals surface area contributed by atoms with Gasteiger partial charge < -0.3 is 53.3 Å². The van der Waals surface area contributed by atoms with Crippen molar-refractivity contribution in [3.05, 3.63) is 81.9 Å². The molecule has 1 amide bonds. The first-order chi connectivity index (χ1) is 27.4. The average Bonchev–Trinajstić information content (AvgIpc) is 3.64. The maximum atomic E-state index is 13.6. The van der Waals surface area contributed by atoms with E-state index in [1.807, 2.05) is 62.4 Å². The molecule has 3 heterocycles. The predicted octanol–water partition coefficient (Wildman–Crippen LogP) is 3.63. The van der Waals surface area contributed by atoms with Crippen LogP contribution in [0.2, 0.25) is 0 Å². The number of carbonyl (C=O) groups excluding carboxylic acids is 4. The van der Waals surface area contributed by atoms with Gasteiger partial charge in [0.2, 0.25) is 6.29 Å². The number of H-pyrrole nitrogens is 1. The maximum absolute atomic E-state index is 13.6. The number of amides is 1. The molecule has 3 aromatic rings. The van der Waals surface area contributed by atoms with E-state index in [0.717, 1.165) is 22.0 Å². The van der Waals surface area contributed by atoms with Crippen molar-refractivity contribution in [1.29, 1.82) is 0 Å². The van der Waals surface area contributed by atoms with Gasteiger partial charge in [0.05, 0.1) is 32.5 Å². The number of azide groups is 1. The molecule has 0 aliphatic carbocycles. The topological polar surface area (TPSA) is 239 Å². The standard InChI is InChI=1S/C39H49N5O13/c1-6-29-34(48)36(54-20-31(47)50-5)33(43-44-40)38(56-29)51-16-15-24-11-13-25(14-12-24)18-53-35-21(2)30(19-52-22(3)45)57-39(55-23(4)46)32(35)42-37(49)28-17-26-9-7-8-10-27(26)41-28/h7-14,17,21,29-30,32-36,38-39,41,48H,6,15-16,18-20H2,1-5H3,(H,42,49)/t21-,29?,30?,32?,33?,34-,35-,36+,38+,39?/m0/s1. The Morgan fingerprint density at radius 1 is 0.947 bits per heavy atom. The van der Waals surface area contributed by atoms with Crippen molar-refractivity contribution in [3.63, 3.8) is 0 Å². The van der Waals surface area contributed by atoms with E-state index in [1.54, 1.807) is 6.07 Å². The van der Waals surface area contributed by atoms with Crippen LogP contribution in [0, 0.1) is 5.92 Å². The third-order valence-electron chi connectivity index (χ3n) is 9.85. The van der Waals surface area contributed by atoms with Crippen molar-refractivity contribution < 1.29 is 62.2 Å².